The van der Waals surface area contributed by atoms with Crippen molar-refractivity contribution in [2.75, 3.05) is 18.0 Å². The number of carbonyl (C=O) groups is 2. The van der Waals surface area contributed by atoms with Crippen molar-refractivity contribution >= 4 is 17.6 Å². The van der Waals surface area contributed by atoms with Gasteiger partial charge in [-0.25, -0.2) is 9.97 Å². The van der Waals surface area contributed by atoms with Crippen molar-refractivity contribution < 1.29 is 9.59 Å². The molecule has 2 aliphatic heterocycles. The molecule has 1 aromatic rings. The van der Waals surface area contributed by atoms with Crippen LogP contribution in [0, 0.1) is 18.8 Å². The Balaban J connectivity index is 1.62. The standard InChI is InChI=1S/C24H36N4O2/c1-16(2)13-15-28-21(29)12-11-19-17(3)25-22(26-23(19)28)20-10-7-14-27(20)24(30)18-8-5-4-6-9-18/h16,18,20H,4-15H2,1-3H3/t20-/m0/s1. The number of rotatable bonds is 5. The molecule has 2 amide bonds. The quantitative estimate of drug-likeness (QED) is 0.721. The first-order chi connectivity index (χ1) is 14.5. The van der Waals surface area contributed by atoms with Crippen molar-refractivity contribution in [3.8, 4) is 0 Å². The number of aromatic nitrogens is 2. The average molecular weight is 413 g/mol. The van der Waals surface area contributed by atoms with E-state index in [0.717, 1.165) is 74.4 Å². The molecular formula is C24H36N4O2. The molecule has 164 valence electrons. The minimum atomic E-state index is -0.0487. The lowest BCUT2D eigenvalue weighted by atomic mass is 9.88. The van der Waals surface area contributed by atoms with E-state index in [0.29, 0.717) is 31.2 Å². The molecule has 0 spiro atoms. The third-order valence-corrected chi connectivity index (χ3v) is 7.07. The zero-order valence-corrected chi connectivity index (χ0v) is 18.8. The molecule has 6 heteroatoms. The van der Waals surface area contributed by atoms with Crippen LogP contribution in [-0.2, 0) is 16.0 Å². The van der Waals surface area contributed by atoms with Gasteiger partial charge in [-0.05, 0) is 51.4 Å². The van der Waals surface area contributed by atoms with Crippen molar-refractivity contribution in [1.82, 2.24) is 14.9 Å². The second-order valence-electron chi connectivity index (χ2n) is 9.72. The van der Waals surface area contributed by atoms with Gasteiger partial charge in [0.15, 0.2) is 5.82 Å². The first kappa shape index (κ1) is 21.3. The Morgan fingerprint density at radius 2 is 1.83 bits per heavy atom. The minimum absolute atomic E-state index is 0.0487. The normalized spacial score (nSPS) is 22.7. The van der Waals surface area contributed by atoms with Crippen molar-refractivity contribution in [2.24, 2.45) is 11.8 Å². The highest BCUT2D eigenvalue weighted by Gasteiger charge is 2.37. The van der Waals surface area contributed by atoms with Gasteiger partial charge in [-0.1, -0.05) is 33.1 Å². The minimum Gasteiger partial charge on any atom is -0.332 e. The highest BCUT2D eigenvalue weighted by Crippen LogP contribution is 2.37. The van der Waals surface area contributed by atoms with Crippen LogP contribution in [0.2, 0.25) is 0 Å². The van der Waals surface area contributed by atoms with Gasteiger partial charge in [0.25, 0.3) is 0 Å². The highest BCUT2D eigenvalue weighted by molar-refractivity contribution is 5.95. The molecule has 4 rings (SSSR count). The van der Waals surface area contributed by atoms with Crippen molar-refractivity contribution in [3.63, 3.8) is 0 Å². The summed E-state index contributed by atoms with van der Waals surface area (Å²) < 4.78 is 0. The van der Waals surface area contributed by atoms with E-state index in [1.807, 2.05) is 16.7 Å². The number of nitrogens with zero attached hydrogens (tertiary/aromatic N) is 4. The summed E-state index contributed by atoms with van der Waals surface area (Å²) in [6, 6.07) is -0.0487. The van der Waals surface area contributed by atoms with Crippen LogP contribution in [0.1, 0.15) is 94.8 Å². The predicted octanol–water partition coefficient (Wildman–Crippen LogP) is 4.35. The first-order valence-electron chi connectivity index (χ1n) is 11.9. The summed E-state index contributed by atoms with van der Waals surface area (Å²) >= 11 is 0. The molecule has 0 bridgehead atoms. The lowest BCUT2D eigenvalue weighted by Gasteiger charge is -2.33. The molecule has 1 saturated heterocycles. The summed E-state index contributed by atoms with van der Waals surface area (Å²) in [5, 5.41) is 0. The maximum atomic E-state index is 13.3. The molecule has 0 N–H and O–H groups in total. The van der Waals surface area contributed by atoms with Crippen molar-refractivity contribution in [1.29, 1.82) is 0 Å². The predicted molar refractivity (Wildman–Crippen MR) is 117 cm³/mol. The van der Waals surface area contributed by atoms with Crippen LogP contribution < -0.4 is 4.90 Å². The third-order valence-electron chi connectivity index (χ3n) is 7.07. The molecule has 1 aliphatic carbocycles. The number of amides is 2. The topological polar surface area (TPSA) is 66.4 Å². The summed E-state index contributed by atoms with van der Waals surface area (Å²) in [4.78, 5) is 39.7. The van der Waals surface area contributed by atoms with Gasteiger partial charge >= 0.3 is 0 Å². The van der Waals surface area contributed by atoms with Crippen LogP contribution in [0.4, 0.5) is 5.82 Å². The fraction of sp³-hybridized carbons (Fsp3) is 0.750. The Morgan fingerprint density at radius 3 is 2.57 bits per heavy atom. The monoisotopic (exact) mass is 412 g/mol. The summed E-state index contributed by atoms with van der Waals surface area (Å²) in [6.07, 6.45) is 9.73. The smallest absolute Gasteiger partial charge is 0.228 e. The third kappa shape index (κ3) is 4.23. The largest absolute Gasteiger partial charge is 0.332 e. The molecule has 3 heterocycles. The molecule has 0 aromatic carbocycles. The summed E-state index contributed by atoms with van der Waals surface area (Å²) in [5.41, 5.74) is 2.07. The lowest BCUT2D eigenvalue weighted by molar-refractivity contribution is -0.137. The van der Waals surface area contributed by atoms with Crippen LogP contribution in [-0.4, -0.2) is 39.8 Å². The molecular weight excluding hydrogens is 376 g/mol. The van der Waals surface area contributed by atoms with Crippen LogP contribution >= 0.6 is 0 Å². The maximum absolute atomic E-state index is 13.3. The number of likely N-dealkylation sites (tertiary alicyclic amines) is 1. The number of aryl methyl sites for hydroxylation is 1. The molecule has 2 fully saturated rings. The van der Waals surface area contributed by atoms with Gasteiger partial charge in [0, 0.05) is 36.7 Å². The fourth-order valence-corrected chi connectivity index (χ4v) is 5.25. The highest BCUT2D eigenvalue weighted by atomic mass is 16.2. The SMILES string of the molecule is Cc1nc([C@@H]2CCCN2C(=O)C2CCCCC2)nc2c1CCC(=O)N2CCC(C)C. The van der Waals surface area contributed by atoms with Crippen molar-refractivity contribution in [2.45, 2.75) is 91.0 Å². The van der Waals surface area contributed by atoms with Crippen LogP contribution in [0.3, 0.4) is 0 Å². The number of anilines is 1. The average Bonchev–Trinajstić information content (AvgIpc) is 3.22. The molecule has 0 unspecified atom stereocenters. The van der Waals surface area contributed by atoms with Gasteiger partial charge < -0.3 is 4.90 Å². The van der Waals surface area contributed by atoms with E-state index in [2.05, 4.69) is 13.8 Å². The van der Waals surface area contributed by atoms with E-state index in [1.54, 1.807) is 0 Å². The maximum Gasteiger partial charge on any atom is 0.228 e. The Bertz CT molecular complexity index is 801. The van der Waals surface area contributed by atoms with E-state index < -0.39 is 0 Å². The Kier molecular flexibility index (Phi) is 6.40. The molecule has 6 nitrogen and oxygen atoms in total. The zero-order valence-electron chi connectivity index (χ0n) is 18.8. The molecule has 1 aromatic heterocycles. The molecule has 1 saturated carbocycles. The summed E-state index contributed by atoms with van der Waals surface area (Å²) in [7, 11) is 0. The molecule has 1 atom stereocenters. The second-order valence-corrected chi connectivity index (χ2v) is 9.72. The summed E-state index contributed by atoms with van der Waals surface area (Å²) in [6.45, 7) is 7.89. The molecule has 3 aliphatic rings. The lowest BCUT2D eigenvalue weighted by Crippen LogP contribution is -2.39. The molecule has 0 radical (unpaired) electrons. The van der Waals surface area contributed by atoms with E-state index >= 15 is 0 Å². The fourth-order valence-electron chi connectivity index (χ4n) is 5.25. The Hall–Kier alpha value is -1.98. The second kappa shape index (κ2) is 9.03. The van der Waals surface area contributed by atoms with E-state index in [-0.39, 0.29) is 17.9 Å². The number of carbonyl (C=O) groups excluding carboxylic acids is 2. The van der Waals surface area contributed by atoms with Gasteiger partial charge in [-0.3, -0.25) is 14.5 Å². The van der Waals surface area contributed by atoms with Gasteiger partial charge in [0.1, 0.15) is 5.82 Å². The first-order valence-corrected chi connectivity index (χ1v) is 11.9. The van der Waals surface area contributed by atoms with E-state index in [4.69, 9.17) is 9.97 Å². The van der Waals surface area contributed by atoms with Crippen LogP contribution in [0.25, 0.3) is 0 Å². The van der Waals surface area contributed by atoms with Gasteiger partial charge in [-0.15, -0.1) is 0 Å². The Morgan fingerprint density at radius 1 is 1.07 bits per heavy atom. The number of hydrogen-bond donors (Lipinski definition) is 0. The van der Waals surface area contributed by atoms with Gasteiger partial charge in [0.2, 0.25) is 11.8 Å². The number of fused-ring (bicyclic) bond motifs is 1. The molecule has 30 heavy (non-hydrogen) atoms. The Labute approximate surface area is 180 Å². The zero-order chi connectivity index (χ0) is 21.3. The van der Waals surface area contributed by atoms with Crippen LogP contribution in [0.5, 0.6) is 0 Å². The van der Waals surface area contributed by atoms with Crippen LogP contribution in [0.15, 0.2) is 0 Å². The summed E-state index contributed by atoms with van der Waals surface area (Å²) in [5.74, 6) is 2.69. The van der Waals surface area contributed by atoms with E-state index in [1.165, 1.54) is 6.42 Å². The van der Waals surface area contributed by atoms with Gasteiger partial charge in [-0.2, -0.15) is 0 Å². The van der Waals surface area contributed by atoms with Gasteiger partial charge in [0.05, 0.1) is 6.04 Å². The van der Waals surface area contributed by atoms with Crippen molar-refractivity contribution in [3.05, 3.63) is 17.1 Å². The van der Waals surface area contributed by atoms with E-state index in [9.17, 15) is 9.59 Å². The number of hydrogen-bond acceptors (Lipinski definition) is 4.